The minimum absolute atomic E-state index is 0.116. The van der Waals surface area contributed by atoms with Crippen LogP contribution < -0.4 is 0 Å². The number of aromatic nitrogens is 1. The van der Waals surface area contributed by atoms with E-state index in [1.165, 1.54) is 6.20 Å². The predicted octanol–water partition coefficient (Wildman–Crippen LogP) is 1.18. The second kappa shape index (κ2) is 6.14. The van der Waals surface area contributed by atoms with Gasteiger partial charge in [0, 0.05) is 19.0 Å². The summed E-state index contributed by atoms with van der Waals surface area (Å²) in [6.45, 7) is 2.24. The Bertz CT molecular complexity index is 325. The Morgan fingerprint density at radius 2 is 2.40 bits per heavy atom. The number of hydrogen-bond acceptors (Lipinski definition) is 4. The van der Waals surface area contributed by atoms with Crippen molar-refractivity contribution in [3.63, 3.8) is 0 Å². The third kappa shape index (κ3) is 3.32. The molecular weight excluding hydrogens is 194 g/mol. The molecule has 0 aromatic carbocycles. The molecule has 4 heteroatoms. The summed E-state index contributed by atoms with van der Waals surface area (Å²) in [6, 6.07) is 1.78. The van der Waals surface area contributed by atoms with Gasteiger partial charge in [0.05, 0.1) is 12.2 Å². The first-order chi connectivity index (χ1) is 7.29. The Morgan fingerprint density at radius 3 is 3.07 bits per heavy atom. The number of carbonyl (C=O) groups excluding carboxylic acids is 1. The zero-order valence-electron chi connectivity index (χ0n) is 8.77. The van der Waals surface area contributed by atoms with Crippen molar-refractivity contribution < 1.29 is 14.6 Å². The molecule has 1 heterocycles. The third-order valence-electron chi connectivity index (χ3n) is 2.01. The van der Waals surface area contributed by atoms with Gasteiger partial charge in [0.2, 0.25) is 0 Å². The summed E-state index contributed by atoms with van der Waals surface area (Å²) in [5, 5.41) is 8.73. The van der Waals surface area contributed by atoms with Gasteiger partial charge in [-0.25, -0.2) is 4.79 Å². The second-order valence-electron chi connectivity index (χ2n) is 3.08. The number of rotatable bonds is 5. The van der Waals surface area contributed by atoms with Crippen LogP contribution in [0.1, 0.15) is 29.3 Å². The van der Waals surface area contributed by atoms with Crippen molar-refractivity contribution in [1.29, 1.82) is 0 Å². The van der Waals surface area contributed by atoms with E-state index in [1.54, 1.807) is 19.2 Å². The fourth-order valence-corrected chi connectivity index (χ4v) is 1.30. The second-order valence-corrected chi connectivity index (χ2v) is 3.08. The summed E-state index contributed by atoms with van der Waals surface area (Å²) >= 11 is 0. The Morgan fingerprint density at radius 1 is 1.60 bits per heavy atom. The first-order valence-electron chi connectivity index (χ1n) is 5.00. The van der Waals surface area contributed by atoms with Gasteiger partial charge in [-0.05, 0) is 31.4 Å². The van der Waals surface area contributed by atoms with E-state index < -0.39 is 0 Å². The lowest BCUT2D eigenvalue weighted by Crippen LogP contribution is -2.09. The van der Waals surface area contributed by atoms with E-state index in [9.17, 15) is 4.79 Å². The van der Waals surface area contributed by atoms with Crippen LogP contribution >= 0.6 is 0 Å². The van der Waals surface area contributed by atoms with Crippen LogP contribution in [0.5, 0.6) is 0 Å². The first kappa shape index (κ1) is 11.7. The monoisotopic (exact) mass is 209 g/mol. The molecule has 15 heavy (non-hydrogen) atoms. The predicted molar refractivity (Wildman–Crippen MR) is 55.6 cm³/mol. The van der Waals surface area contributed by atoms with E-state index in [0.717, 1.165) is 5.56 Å². The average Bonchev–Trinajstić information content (AvgIpc) is 2.27. The molecule has 0 radical (unpaired) electrons. The number of esters is 1. The van der Waals surface area contributed by atoms with Crippen molar-refractivity contribution in [2.45, 2.75) is 19.8 Å². The van der Waals surface area contributed by atoms with Crippen LogP contribution in [0.15, 0.2) is 18.5 Å². The van der Waals surface area contributed by atoms with Crippen molar-refractivity contribution in [1.82, 2.24) is 4.98 Å². The Kier molecular flexibility index (Phi) is 4.77. The van der Waals surface area contributed by atoms with Gasteiger partial charge in [-0.1, -0.05) is 0 Å². The smallest absolute Gasteiger partial charge is 0.339 e. The minimum Gasteiger partial charge on any atom is -0.462 e. The van der Waals surface area contributed by atoms with Crippen molar-refractivity contribution >= 4 is 5.97 Å². The number of pyridine rings is 1. The molecule has 0 aliphatic carbocycles. The van der Waals surface area contributed by atoms with Gasteiger partial charge in [-0.15, -0.1) is 0 Å². The maximum absolute atomic E-state index is 11.5. The number of hydrogen-bond donors (Lipinski definition) is 1. The van der Waals surface area contributed by atoms with Crippen LogP contribution in [0, 0.1) is 0 Å². The lowest BCUT2D eigenvalue weighted by atomic mass is 10.1. The molecule has 1 aromatic rings. The molecule has 0 atom stereocenters. The molecular formula is C11H15NO3. The molecule has 0 aliphatic heterocycles. The highest BCUT2D eigenvalue weighted by Gasteiger charge is 2.11. The van der Waals surface area contributed by atoms with Crippen LogP contribution in [0.2, 0.25) is 0 Å². The van der Waals surface area contributed by atoms with Gasteiger partial charge >= 0.3 is 5.97 Å². The number of ether oxygens (including phenoxy) is 1. The van der Waals surface area contributed by atoms with Gasteiger partial charge in [0.1, 0.15) is 0 Å². The molecule has 0 aliphatic rings. The zero-order chi connectivity index (χ0) is 11.1. The lowest BCUT2D eigenvalue weighted by molar-refractivity contribution is 0.0524. The summed E-state index contributed by atoms with van der Waals surface area (Å²) in [4.78, 5) is 15.4. The quantitative estimate of drug-likeness (QED) is 0.740. The van der Waals surface area contributed by atoms with Crippen LogP contribution in [0.25, 0.3) is 0 Å². The molecule has 0 fully saturated rings. The standard InChI is InChI=1S/C11H15NO3/c1-2-15-11(14)10-8-12-6-5-9(10)4-3-7-13/h5-6,8,13H,2-4,7H2,1H3. The maximum atomic E-state index is 11.5. The Labute approximate surface area is 88.9 Å². The van der Waals surface area contributed by atoms with E-state index in [2.05, 4.69) is 4.98 Å². The van der Waals surface area contributed by atoms with E-state index in [4.69, 9.17) is 9.84 Å². The molecule has 1 aromatic heterocycles. The SMILES string of the molecule is CCOC(=O)c1cnccc1CCCO. The summed E-state index contributed by atoms with van der Waals surface area (Å²) in [6.07, 6.45) is 4.43. The zero-order valence-corrected chi connectivity index (χ0v) is 8.77. The van der Waals surface area contributed by atoms with Gasteiger partial charge in [0.25, 0.3) is 0 Å². The highest BCUT2D eigenvalue weighted by molar-refractivity contribution is 5.90. The van der Waals surface area contributed by atoms with Crippen LogP contribution in [0.3, 0.4) is 0 Å². The highest BCUT2D eigenvalue weighted by atomic mass is 16.5. The molecule has 1 N–H and O–H groups in total. The average molecular weight is 209 g/mol. The Balaban J connectivity index is 2.80. The Hall–Kier alpha value is -1.42. The van der Waals surface area contributed by atoms with Crippen molar-refractivity contribution in [2.75, 3.05) is 13.2 Å². The lowest BCUT2D eigenvalue weighted by Gasteiger charge is -2.06. The van der Waals surface area contributed by atoms with Crippen LogP contribution in [-0.4, -0.2) is 29.3 Å². The third-order valence-corrected chi connectivity index (χ3v) is 2.01. The van der Waals surface area contributed by atoms with Crippen LogP contribution in [-0.2, 0) is 11.2 Å². The van der Waals surface area contributed by atoms with Crippen molar-refractivity contribution in [3.8, 4) is 0 Å². The van der Waals surface area contributed by atoms with Gasteiger partial charge in [0.15, 0.2) is 0 Å². The topological polar surface area (TPSA) is 59.4 Å². The van der Waals surface area contributed by atoms with E-state index in [0.29, 0.717) is 25.0 Å². The fourth-order valence-electron chi connectivity index (χ4n) is 1.30. The molecule has 0 amide bonds. The highest BCUT2D eigenvalue weighted by Crippen LogP contribution is 2.10. The van der Waals surface area contributed by atoms with E-state index in [1.807, 2.05) is 0 Å². The molecule has 0 spiro atoms. The summed E-state index contributed by atoms with van der Waals surface area (Å²) in [7, 11) is 0. The maximum Gasteiger partial charge on any atom is 0.339 e. The molecule has 4 nitrogen and oxygen atoms in total. The van der Waals surface area contributed by atoms with E-state index in [-0.39, 0.29) is 12.6 Å². The van der Waals surface area contributed by atoms with Crippen LogP contribution in [0.4, 0.5) is 0 Å². The minimum atomic E-state index is -0.349. The normalized spacial score (nSPS) is 10.0. The van der Waals surface area contributed by atoms with Crippen molar-refractivity contribution in [2.24, 2.45) is 0 Å². The molecule has 0 saturated carbocycles. The molecule has 0 saturated heterocycles. The summed E-state index contributed by atoms with van der Waals surface area (Å²) < 4.78 is 4.91. The summed E-state index contributed by atoms with van der Waals surface area (Å²) in [5.41, 5.74) is 1.37. The number of aryl methyl sites for hydroxylation is 1. The van der Waals surface area contributed by atoms with E-state index >= 15 is 0 Å². The number of carbonyl (C=O) groups is 1. The van der Waals surface area contributed by atoms with Gasteiger partial charge in [-0.2, -0.15) is 0 Å². The molecule has 0 bridgehead atoms. The van der Waals surface area contributed by atoms with Gasteiger partial charge < -0.3 is 9.84 Å². The fraction of sp³-hybridized carbons (Fsp3) is 0.455. The van der Waals surface area contributed by atoms with Gasteiger partial charge in [-0.3, -0.25) is 4.98 Å². The largest absolute Gasteiger partial charge is 0.462 e. The molecule has 0 unspecified atom stereocenters. The number of aliphatic hydroxyl groups is 1. The molecule has 82 valence electrons. The van der Waals surface area contributed by atoms with Crippen molar-refractivity contribution in [3.05, 3.63) is 29.6 Å². The number of aliphatic hydroxyl groups excluding tert-OH is 1. The molecule has 1 rings (SSSR count). The summed E-state index contributed by atoms with van der Waals surface area (Å²) in [5.74, 6) is -0.349. The first-order valence-corrected chi connectivity index (χ1v) is 5.00. The number of nitrogens with zero attached hydrogens (tertiary/aromatic N) is 1.